The van der Waals surface area contributed by atoms with Crippen molar-refractivity contribution in [2.75, 3.05) is 44.5 Å². The summed E-state index contributed by atoms with van der Waals surface area (Å²) in [5, 5.41) is 6.08. The highest BCUT2D eigenvalue weighted by Gasteiger charge is 2.23. The second-order valence-electron chi connectivity index (χ2n) is 9.36. The third-order valence-corrected chi connectivity index (χ3v) is 6.91. The van der Waals surface area contributed by atoms with Crippen LogP contribution >= 0.6 is 0 Å². The summed E-state index contributed by atoms with van der Waals surface area (Å²) in [4.78, 5) is 17.3. The number of rotatable bonds is 9. The quantitative estimate of drug-likeness (QED) is 0.222. The van der Waals surface area contributed by atoms with E-state index in [1.54, 1.807) is 31.3 Å². The lowest BCUT2D eigenvalue weighted by Crippen LogP contribution is -2.26. The normalized spacial score (nSPS) is 13.3. The van der Waals surface area contributed by atoms with Crippen LogP contribution in [0.5, 0.6) is 0 Å². The van der Waals surface area contributed by atoms with Gasteiger partial charge in [-0.3, -0.25) is 4.79 Å². The van der Waals surface area contributed by atoms with E-state index in [2.05, 4.69) is 64.4 Å². The molecule has 6 nitrogen and oxygen atoms in total. The maximum atomic E-state index is 14.9. The van der Waals surface area contributed by atoms with Gasteiger partial charge in [-0.2, -0.15) is 4.39 Å². The average molecular weight is 553 g/mol. The number of benzene rings is 2. The highest BCUT2D eigenvalue weighted by atomic mass is 19.1. The van der Waals surface area contributed by atoms with E-state index < -0.39 is 17.7 Å². The SMILES string of the molecule is C=Cc1cc(CC(=O)OC)c(F)cc1N(C)[C@H](CC)c1ccccc1C1=CCNCC1.CNc1cccc(F)n1.[HH].[HH]. The van der Waals surface area contributed by atoms with Crippen molar-refractivity contribution < 1.29 is 21.2 Å². The van der Waals surface area contributed by atoms with Crippen LogP contribution in [0.4, 0.5) is 20.3 Å². The molecule has 0 aliphatic carbocycles. The van der Waals surface area contributed by atoms with Gasteiger partial charge in [-0.05, 0) is 71.5 Å². The number of esters is 1. The second-order valence-corrected chi connectivity index (χ2v) is 9.36. The number of halogens is 2. The minimum absolute atomic E-state index is 0. The predicted molar refractivity (Wildman–Crippen MR) is 164 cm³/mol. The van der Waals surface area contributed by atoms with Crippen LogP contribution in [0.25, 0.3) is 11.6 Å². The van der Waals surface area contributed by atoms with Crippen molar-refractivity contribution >= 4 is 29.1 Å². The zero-order valence-corrected chi connectivity index (χ0v) is 23.6. The van der Waals surface area contributed by atoms with Crippen molar-refractivity contribution in [3.8, 4) is 0 Å². The van der Waals surface area contributed by atoms with Gasteiger partial charge in [0.1, 0.15) is 11.6 Å². The van der Waals surface area contributed by atoms with Crippen molar-refractivity contribution in [3.05, 3.63) is 101 Å². The first-order valence-electron chi connectivity index (χ1n) is 13.4. The lowest BCUT2D eigenvalue weighted by molar-refractivity contribution is -0.139. The van der Waals surface area contributed by atoms with Gasteiger partial charge in [0.05, 0.1) is 19.6 Å². The molecule has 0 fully saturated rings. The monoisotopic (exact) mass is 552 g/mol. The molecule has 0 amide bonds. The molecule has 0 saturated heterocycles. The van der Waals surface area contributed by atoms with E-state index in [4.69, 9.17) is 4.74 Å². The molecule has 0 bridgehead atoms. The number of pyridine rings is 1. The molecule has 0 unspecified atom stereocenters. The molecule has 1 atom stereocenters. The number of anilines is 2. The molecule has 216 valence electrons. The molecule has 2 aromatic carbocycles. The lowest BCUT2D eigenvalue weighted by atomic mass is 9.90. The third kappa shape index (κ3) is 7.76. The van der Waals surface area contributed by atoms with Crippen molar-refractivity contribution in [1.29, 1.82) is 0 Å². The number of hydrogen-bond acceptors (Lipinski definition) is 6. The molecule has 0 radical (unpaired) electrons. The summed E-state index contributed by atoms with van der Waals surface area (Å²) in [6.07, 6.45) is 5.72. The van der Waals surface area contributed by atoms with E-state index >= 15 is 0 Å². The van der Waals surface area contributed by atoms with Gasteiger partial charge in [0.15, 0.2) is 0 Å². The van der Waals surface area contributed by atoms with Crippen molar-refractivity contribution in [1.82, 2.24) is 10.3 Å². The van der Waals surface area contributed by atoms with Gasteiger partial charge in [0.25, 0.3) is 0 Å². The van der Waals surface area contributed by atoms with Gasteiger partial charge in [0.2, 0.25) is 5.95 Å². The molecule has 1 aliphatic heterocycles. The van der Waals surface area contributed by atoms with Crippen LogP contribution in [-0.4, -0.2) is 45.2 Å². The summed E-state index contributed by atoms with van der Waals surface area (Å²) in [7, 11) is 4.99. The maximum absolute atomic E-state index is 14.9. The zero-order valence-electron chi connectivity index (χ0n) is 23.6. The molecular weight excluding hydrogens is 510 g/mol. The summed E-state index contributed by atoms with van der Waals surface area (Å²) in [6.45, 7) is 7.91. The molecule has 3 aromatic rings. The van der Waals surface area contributed by atoms with E-state index in [1.807, 2.05) is 7.05 Å². The lowest BCUT2D eigenvalue weighted by Gasteiger charge is -2.33. The Morgan fingerprint density at radius 2 is 2.02 bits per heavy atom. The first-order valence-corrected chi connectivity index (χ1v) is 13.4. The fourth-order valence-corrected chi connectivity index (χ4v) is 4.82. The van der Waals surface area contributed by atoms with E-state index in [0.29, 0.717) is 11.4 Å². The van der Waals surface area contributed by atoms with Gasteiger partial charge in [-0.1, -0.05) is 56.0 Å². The van der Waals surface area contributed by atoms with Crippen LogP contribution in [0, 0.1) is 11.8 Å². The van der Waals surface area contributed by atoms with Crippen molar-refractivity contribution in [2.45, 2.75) is 32.2 Å². The number of carbonyl (C=O) groups excluding carboxylic acids is 1. The molecule has 8 heteroatoms. The van der Waals surface area contributed by atoms with Crippen LogP contribution in [0.3, 0.4) is 0 Å². The second kappa shape index (κ2) is 14.9. The highest BCUT2D eigenvalue weighted by molar-refractivity contribution is 5.76. The minimum Gasteiger partial charge on any atom is -0.469 e. The van der Waals surface area contributed by atoms with Crippen LogP contribution in [0.15, 0.2) is 67.3 Å². The van der Waals surface area contributed by atoms with Gasteiger partial charge in [-0.15, -0.1) is 0 Å². The number of nitrogens with one attached hydrogen (secondary N) is 2. The summed E-state index contributed by atoms with van der Waals surface area (Å²) >= 11 is 0. The summed E-state index contributed by atoms with van der Waals surface area (Å²) in [5.41, 5.74) is 5.69. The Morgan fingerprint density at radius 1 is 1.25 bits per heavy atom. The smallest absolute Gasteiger partial charge is 0.310 e. The molecule has 2 heterocycles. The zero-order chi connectivity index (χ0) is 29.1. The van der Waals surface area contributed by atoms with E-state index in [0.717, 1.165) is 37.2 Å². The first-order chi connectivity index (χ1) is 19.3. The Kier molecular flexibility index (Phi) is 11.4. The van der Waals surface area contributed by atoms with Crippen LogP contribution in [0.1, 0.15) is 50.9 Å². The fraction of sp³-hybridized carbons (Fsp3) is 0.312. The Balaban J connectivity index is 0.000000687. The van der Waals surface area contributed by atoms with Crippen molar-refractivity contribution in [2.24, 2.45) is 0 Å². The highest BCUT2D eigenvalue weighted by Crippen LogP contribution is 2.37. The average Bonchev–Trinajstić information content (AvgIpc) is 2.99. The Labute approximate surface area is 238 Å². The molecule has 1 aromatic heterocycles. The van der Waals surface area contributed by atoms with Crippen LogP contribution in [0.2, 0.25) is 0 Å². The topological polar surface area (TPSA) is 66.5 Å². The molecular formula is C32H42F2N4O2. The molecule has 40 heavy (non-hydrogen) atoms. The Morgan fingerprint density at radius 3 is 2.62 bits per heavy atom. The number of hydrogen-bond donors (Lipinski definition) is 2. The number of aromatic nitrogens is 1. The molecule has 0 spiro atoms. The summed E-state index contributed by atoms with van der Waals surface area (Å²) in [6, 6.07) is 16.4. The largest absolute Gasteiger partial charge is 0.469 e. The molecule has 2 N–H and O–H groups in total. The molecule has 1 aliphatic rings. The standard InChI is InChI=1S/C26H31FN2O2.C6H7FN2.2H2/c1-5-18-15-20(16-26(30)31-4)23(27)17-25(18)29(3)24(6-2)22-10-8-7-9-21(22)19-11-13-28-14-12-19;1-8-6-4-2-3-5(7)9-6;;/h5,7-11,15,17,24,28H,1,6,12-14,16H2,2-4H3;2-4H,1H3,(H,8,9);2*1H/t24-;;;/m1.../s1. The van der Waals surface area contributed by atoms with E-state index in [-0.39, 0.29) is 15.3 Å². The number of methoxy groups -OCH3 is 1. The number of nitrogens with zero attached hydrogens (tertiary/aromatic N) is 2. The van der Waals surface area contributed by atoms with E-state index in [1.165, 1.54) is 35.9 Å². The van der Waals surface area contributed by atoms with Crippen molar-refractivity contribution in [3.63, 3.8) is 0 Å². The van der Waals surface area contributed by atoms with E-state index in [9.17, 15) is 13.6 Å². The first kappa shape index (κ1) is 30.5. The molecule has 4 rings (SSSR count). The van der Waals surface area contributed by atoms with Crippen LogP contribution < -0.4 is 15.5 Å². The van der Waals surface area contributed by atoms with Gasteiger partial charge >= 0.3 is 5.97 Å². The maximum Gasteiger partial charge on any atom is 0.310 e. The summed E-state index contributed by atoms with van der Waals surface area (Å²) in [5.74, 6) is -0.787. The number of ether oxygens (including phenoxy) is 1. The fourth-order valence-electron chi connectivity index (χ4n) is 4.82. The van der Waals surface area contributed by atoms with Gasteiger partial charge in [0, 0.05) is 29.2 Å². The van der Waals surface area contributed by atoms with Gasteiger partial charge < -0.3 is 20.3 Å². The minimum atomic E-state index is -0.467. The molecule has 0 saturated carbocycles. The number of carbonyl (C=O) groups is 1. The Hall–Kier alpha value is -4.04. The Bertz CT molecular complexity index is 1350. The predicted octanol–water partition coefficient (Wildman–Crippen LogP) is 6.90. The third-order valence-electron chi connectivity index (χ3n) is 6.91. The van der Waals surface area contributed by atoms with Gasteiger partial charge in [-0.25, -0.2) is 9.37 Å². The van der Waals surface area contributed by atoms with Crippen LogP contribution in [-0.2, 0) is 16.0 Å². The summed E-state index contributed by atoms with van der Waals surface area (Å²) < 4.78 is 31.8.